The van der Waals surface area contributed by atoms with Gasteiger partial charge >= 0.3 is 0 Å². The van der Waals surface area contributed by atoms with Gasteiger partial charge in [-0.05, 0) is 23.1 Å². The van der Waals surface area contributed by atoms with Crippen molar-refractivity contribution in [3.8, 4) is 0 Å². The van der Waals surface area contributed by atoms with E-state index in [0.717, 1.165) is 18.3 Å². The van der Waals surface area contributed by atoms with Crippen molar-refractivity contribution in [1.82, 2.24) is 4.90 Å². The van der Waals surface area contributed by atoms with Crippen LogP contribution in [0.2, 0.25) is 10.0 Å². The number of amidine groups is 1. The molecule has 0 saturated heterocycles. The zero-order chi connectivity index (χ0) is 13.6. The maximum absolute atomic E-state index is 6.14. The highest BCUT2D eigenvalue weighted by Crippen LogP contribution is 2.42. The number of hydrogen-bond donors (Lipinski definition) is 0. The Bertz CT molecular complexity index is 593. The van der Waals surface area contributed by atoms with Crippen LogP contribution in [0.4, 0.5) is 0 Å². The first-order valence-corrected chi connectivity index (χ1v) is 7.78. The third kappa shape index (κ3) is 2.18. The van der Waals surface area contributed by atoms with E-state index in [2.05, 4.69) is 29.1 Å². The molecule has 0 aliphatic carbocycles. The molecule has 2 nitrogen and oxygen atoms in total. The summed E-state index contributed by atoms with van der Waals surface area (Å²) in [6.45, 7) is 6.27. The quantitative estimate of drug-likeness (QED) is 0.797. The normalized spacial score (nSPS) is 18.4. The van der Waals surface area contributed by atoms with Crippen LogP contribution in [0.3, 0.4) is 0 Å². The van der Waals surface area contributed by atoms with Crippen molar-refractivity contribution in [2.45, 2.75) is 19.3 Å². The van der Waals surface area contributed by atoms with Crippen LogP contribution in [0.15, 0.2) is 34.3 Å². The molecule has 100 valence electrons. The van der Waals surface area contributed by atoms with Crippen LogP contribution in [-0.2, 0) is 5.41 Å². The van der Waals surface area contributed by atoms with E-state index in [1.165, 1.54) is 11.3 Å². The molecular formula is C14H14Cl2N2S. The van der Waals surface area contributed by atoms with Gasteiger partial charge in [-0.15, -0.1) is 0 Å². The molecule has 5 heteroatoms. The average Bonchev–Trinajstić information content (AvgIpc) is 2.94. The zero-order valence-electron chi connectivity index (χ0n) is 10.8. The van der Waals surface area contributed by atoms with Crippen LogP contribution in [0, 0.1) is 0 Å². The first-order chi connectivity index (χ1) is 9.00. The Morgan fingerprint density at radius 1 is 1.26 bits per heavy atom. The standard InChI is InChI=1S/C14H14Cl2N2S/c1-14(2,9-3-4-10(15)11(16)7-9)12-8-19-13-17-5-6-18(12)13/h3-4,7-8H,5-6H2,1-2H3. The zero-order valence-corrected chi connectivity index (χ0v) is 13.1. The van der Waals surface area contributed by atoms with Crippen LogP contribution in [-0.4, -0.2) is 23.2 Å². The van der Waals surface area contributed by atoms with Crippen molar-refractivity contribution in [1.29, 1.82) is 0 Å². The highest BCUT2D eigenvalue weighted by Gasteiger charge is 2.37. The SMILES string of the molecule is CC(C)(C1=CSC2=NCCN12)c1ccc(Cl)c(Cl)c1. The van der Waals surface area contributed by atoms with Crippen molar-refractivity contribution in [2.75, 3.05) is 13.1 Å². The molecule has 0 N–H and O–H groups in total. The topological polar surface area (TPSA) is 15.6 Å². The second-order valence-corrected chi connectivity index (χ2v) is 6.84. The van der Waals surface area contributed by atoms with Crippen LogP contribution in [0.1, 0.15) is 19.4 Å². The molecule has 0 spiro atoms. The smallest absolute Gasteiger partial charge is 0.167 e. The summed E-state index contributed by atoms with van der Waals surface area (Å²) in [4.78, 5) is 6.79. The number of halogens is 2. The Labute approximate surface area is 127 Å². The molecule has 1 aromatic rings. The monoisotopic (exact) mass is 312 g/mol. The van der Waals surface area contributed by atoms with Crippen LogP contribution >= 0.6 is 35.0 Å². The summed E-state index contributed by atoms with van der Waals surface area (Å²) >= 11 is 13.8. The van der Waals surface area contributed by atoms with Crippen molar-refractivity contribution in [2.24, 2.45) is 4.99 Å². The predicted octanol–water partition coefficient (Wildman–Crippen LogP) is 4.53. The summed E-state index contributed by atoms with van der Waals surface area (Å²) in [5.41, 5.74) is 2.34. The van der Waals surface area contributed by atoms with Gasteiger partial charge in [0.2, 0.25) is 0 Å². The Morgan fingerprint density at radius 3 is 2.79 bits per heavy atom. The molecule has 0 atom stereocenters. The van der Waals surface area contributed by atoms with Gasteiger partial charge < -0.3 is 4.90 Å². The lowest BCUT2D eigenvalue weighted by Crippen LogP contribution is -2.33. The molecule has 0 unspecified atom stereocenters. The molecule has 0 aromatic heterocycles. The number of allylic oxidation sites excluding steroid dienone is 1. The van der Waals surface area contributed by atoms with Crippen molar-refractivity contribution >= 4 is 40.1 Å². The Balaban J connectivity index is 1.98. The molecule has 2 heterocycles. The van der Waals surface area contributed by atoms with E-state index in [0.29, 0.717) is 10.0 Å². The van der Waals surface area contributed by atoms with E-state index in [1.54, 1.807) is 11.8 Å². The molecule has 0 fully saturated rings. The molecule has 0 saturated carbocycles. The maximum Gasteiger partial charge on any atom is 0.167 e. The molecule has 19 heavy (non-hydrogen) atoms. The number of rotatable bonds is 2. The first kappa shape index (κ1) is 13.3. The Morgan fingerprint density at radius 2 is 2.05 bits per heavy atom. The molecule has 0 amide bonds. The minimum Gasteiger partial charge on any atom is -0.321 e. The van der Waals surface area contributed by atoms with Crippen LogP contribution < -0.4 is 0 Å². The summed E-state index contributed by atoms with van der Waals surface area (Å²) in [6, 6.07) is 5.87. The minimum atomic E-state index is -0.108. The van der Waals surface area contributed by atoms with Gasteiger partial charge in [-0.25, -0.2) is 0 Å². The number of fused-ring (bicyclic) bond motifs is 1. The fraction of sp³-hybridized carbons (Fsp3) is 0.357. The highest BCUT2D eigenvalue weighted by molar-refractivity contribution is 8.16. The van der Waals surface area contributed by atoms with Gasteiger partial charge in [0.1, 0.15) is 0 Å². The van der Waals surface area contributed by atoms with E-state index in [-0.39, 0.29) is 5.41 Å². The lowest BCUT2D eigenvalue weighted by molar-refractivity contribution is 0.450. The first-order valence-electron chi connectivity index (χ1n) is 6.15. The summed E-state index contributed by atoms with van der Waals surface area (Å²) in [5.74, 6) is 0. The summed E-state index contributed by atoms with van der Waals surface area (Å²) in [5, 5.41) is 4.51. The largest absolute Gasteiger partial charge is 0.321 e. The number of thioether (sulfide) groups is 1. The third-order valence-electron chi connectivity index (χ3n) is 3.65. The Kier molecular flexibility index (Phi) is 3.32. The van der Waals surface area contributed by atoms with Gasteiger partial charge in [-0.2, -0.15) is 0 Å². The van der Waals surface area contributed by atoms with Gasteiger partial charge in [-0.1, -0.05) is 54.9 Å². The number of nitrogens with zero attached hydrogens (tertiary/aromatic N) is 2. The molecule has 2 aliphatic rings. The molecule has 2 aliphatic heterocycles. The minimum absolute atomic E-state index is 0.108. The fourth-order valence-corrected chi connectivity index (χ4v) is 3.86. The third-order valence-corrected chi connectivity index (χ3v) is 5.29. The maximum atomic E-state index is 6.14. The lowest BCUT2D eigenvalue weighted by Gasteiger charge is -2.32. The van der Waals surface area contributed by atoms with E-state index in [9.17, 15) is 0 Å². The summed E-state index contributed by atoms with van der Waals surface area (Å²) < 4.78 is 0. The second kappa shape index (κ2) is 4.72. The fourth-order valence-electron chi connectivity index (χ4n) is 2.44. The lowest BCUT2D eigenvalue weighted by atomic mass is 9.81. The van der Waals surface area contributed by atoms with Crippen molar-refractivity contribution in [3.05, 3.63) is 44.9 Å². The van der Waals surface area contributed by atoms with Gasteiger partial charge in [0, 0.05) is 17.7 Å². The number of benzene rings is 1. The summed E-state index contributed by atoms with van der Waals surface area (Å²) in [6.07, 6.45) is 0. The second-order valence-electron chi connectivity index (χ2n) is 5.19. The van der Waals surface area contributed by atoms with E-state index < -0.39 is 0 Å². The van der Waals surface area contributed by atoms with Crippen molar-refractivity contribution in [3.63, 3.8) is 0 Å². The highest BCUT2D eigenvalue weighted by atomic mass is 35.5. The van der Waals surface area contributed by atoms with E-state index in [4.69, 9.17) is 23.2 Å². The summed E-state index contributed by atoms with van der Waals surface area (Å²) in [7, 11) is 0. The van der Waals surface area contributed by atoms with Gasteiger partial charge in [-0.3, -0.25) is 4.99 Å². The van der Waals surface area contributed by atoms with E-state index >= 15 is 0 Å². The molecular weight excluding hydrogens is 299 g/mol. The van der Waals surface area contributed by atoms with Crippen molar-refractivity contribution < 1.29 is 0 Å². The van der Waals surface area contributed by atoms with Gasteiger partial charge in [0.15, 0.2) is 5.17 Å². The Hall–Kier alpha value is -0.640. The average molecular weight is 313 g/mol. The van der Waals surface area contributed by atoms with Crippen LogP contribution in [0.25, 0.3) is 0 Å². The van der Waals surface area contributed by atoms with Gasteiger partial charge in [0.25, 0.3) is 0 Å². The van der Waals surface area contributed by atoms with Gasteiger partial charge in [0.05, 0.1) is 16.6 Å². The van der Waals surface area contributed by atoms with E-state index in [1.807, 2.05) is 18.2 Å². The molecule has 0 radical (unpaired) electrons. The molecule has 3 rings (SSSR count). The molecule has 1 aromatic carbocycles. The molecule has 0 bridgehead atoms. The number of aliphatic imine (C=N–C) groups is 1. The number of hydrogen-bond acceptors (Lipinski definition) is 3. The van der Waals surface area contributed by atoms with Crippen LogP contribution in [0.5, 0.6) is 0 Å². The predicted molar refractivity (Wildman–Crippen MR) is 84.2 cm³/mol.